The number of hydrogen-bond donors (Lipinski definition) is 2. The fraction of sp³-hybridized carbons (Fsp3) is 0.522. The summed E-state index contributed by atoms with van der Waals surface area (Å²) in [4.78, 5) is 9.90. The molecule has 3 heterocycles. The molecule has 7 nitrogen and oxygen atoms in total. The lowest BCUT2D eigenvalue weighted by Crippen LogP contribution is -2.33. The topological polar surface area (TPSA) is 99.5 Å². The van der Waals surface area contributed by atoms with Gasteiger partial charge in [-0.15, -0.1) is 0 Å². The number of ether oxygens (including phenoxy) is 2. The molecule has 170 valence electrons. The fourth-order valence-electron chi connectivity index (χ4n) is 3.74. The van der Waals surface area contributed by atoms with Gasteiger partial charge in [-0.1, -0.05) is 12.1 Å². The van der Waals surface area contributed by atoms with Gasteiger partial charge in [-0.25, -0.2) is 9.97 Å². The summed E-state index contributed by atoms with van der Waals surface area (Å²) in [6.45, 7) is 2.76. The second-order valence-corrected chi connectivity index (χ2v) is 7.67. The maximum Gasteiger partial charge on any atom is 0.214 e. The predicted octanol–water partition coefficient (Wildman–Crippen LogP) is 3.72. The average Bonchev–Trinajstić information content (AvgIpc) is 3.42. The van der Waals surface area contributed by atoms with Crippen molar-refractivity contribution in [3.63, 3.8) is 0 Å². The van der Waals surface area contributed by atoms with Crippen LogP contribution in [0, 0.1) is 18.3 Å². The van der Waals surface area contributed by atoms with E-state index in [1.54, 1.807) is 14.2 Å². The molecular formula is C23H35FN5O2+. The van der Waals surface area contributed by atoms with Crippen LogP contribution in [-0.4, -0.2) is 50.0 Å². The molecular weight excluding hydrogens is 397 g/mol. The van der Waals surface area contributed by atoms with Gasteiger partial charge in [-0.05, 0) is 43.5 Å². The molecule has 0 radical (unpaired) electrons. The van der Waals surface area contributed by atoms with Crippen LogP contribution >= 0.6 is 0 Å². The number of halogens is 1. The molecule has 4 rings (SSSR count). The van der Waals surface area contributed by atoms with E-state index in [2.05, 4.69) is 21.3 Å². The van der Waals surface area contributed by atoms with Crippen molar-refractivity contribution in [2.45, 2.75) is 38.1 Å². The summed E-state index contributed by atoms with van der Waals surface area (Å²) in [5.41, 5.74) is 10.8. The van der Waals surface area contributed by atoms with Gasteiger partial charge in [-0.2, -0.15) is 4.39 Å². The Balaban J connectivity index is 0.000000181. The Bertz CT molecular complexity index is 741. The number of aromatic nitrogens is 2. The maximum atomic E-state index is 12.0. The third-order valence-electron chi connectivity index (χ3n) is 5.20. The molecule has 8 heteroatoms. The highest BCUT2D eigenvalue weighted by Crippen LogP contribution is 2.24. The molecule has 1 aliphatic carbocycles. The molecule has 2 atom stereocenters. The largest absolute Gasteiger partial charge is 0.384 e. The van der Waals surface area contributed by atoms with Gasteiger partial charge < -0.3 is 25.8 Å². The predicted molar refractivity (Wildman–Crippen MR) is 123 cm³/mol. The summed E-state index contributed by atoms with van der Waals surface area (Å²) >= 11 is 0. The summed E-state index contributed by atoms with van der Waals surface area (Å²) in [6.07, 6.45) is 8.63. The molecule has 2 aromatic rings. The summed E-state index contributed by atoms with van der Waals surface area (Å²) in [5.74, 6) is 2.06. The number of nitrogens with two attached hydrogens (primary N) is 2. The lowest BCUT2D eigenvalue weighted by Gasteiger charge is -2.25. The Kier molecular flexibility index (Phi) is 10.9. The zero-order valence-corrected chi connectivity index (χ0v) is 18.5. The number of nitrogens with zero attached hydrogens (tertiary/aromatic N) is 3. The molecule has 4 N–H and O–H groups in total. The van der Waals surface area contributed by atoms with Crippen molar-refractivity contribution in [1.82, 2.24) is 9.97 Å². The van der Waals surface area contributed by atoms with Gasteiger partial charge in [0.25, 0.3) is 0 Å². The van der Waals surface area contributed by atoms with Crippen LogP contribution in [0.4, 0.5) is 21.8 Å². The molecule has 1 saturated carbocycles. The molecule has 0 aromatic carbocycles. The highest BCUT2D eigenvalue weighted by atomic mass is 19.1. The first-order chi connectivity index (χ1) is 15.0. The molecule has 2 aliphatic rings. The number of nitrogen functional groups attached to an aromatic ring is 2. The summed E-state index contributed by atoms with van der Waals surface area (Å²) < 4.78 is 22.2. The van der Waals surface area contributed by atoms with E-state index in [1.807, 2.05) is 18.2 Å². The fourth-order valence-corrected chi connectivity index (χ4v) is 3.74. The quantitative estimate of drug-likeness (QED) is 0.549. The van der Waals surface area contributed by atoms with Crippen LogP contribution in [-0.2, 0) is 9.47 Å². The lowest BCUT2D eigenvalue weighted by molar-refractivity contribution is 0.156. The third-order valence-corrected chi connectivity index (χ3v) is 5.20. The van der Waals surface area contributed by atoms with Gasteiger partial charge in [0, 0.05) is 26.7 Å². The monoisotopic (exact) mass is 432 g/mol. The first-order valence-corrected chi connectivity index (χ1v) is 10.7. The highest BCUT2D eigenvalue weighted by molar-refractivity contribution is 5.46. The molecule has 0 amide bonds. The van der Waals surface area contributed by atoms with Gasteiger partial charge in [-0.3, -0.25) is 0 Å². The molecule has 2 fully saturated rings. The molecule has 0 spiro atoms. The van der Waals surface area contributed by atoms with E-state index in [0.717, 1.165) is 31.5 Å². The minimum Gasteiger partial charge on any atom is -0.384 e. The van der Waals surface area contributed by atoms with Crippen molar-refractivity contribution in [3.05, 3.63) is 48.8 Å². The van der Waals surface area contributed by atoms with E-state index in [9.17, 15) is 4.39 Å². The molecule has 31 heavy (non-hydrogen) atoms. The first-order valence-electron chi connectivity index (χ1n) is 10.7. The molecule has 1 aliphatic heterocycles. The van der Waals surface area contributed by atoms with Gasteiger partial charge >= 0.3 is 0 Å². The van der Waals surface area contributed by atoms with Crippen LogP contribution in [0.15, 0.2) is 36.4 Å². The highest BCUT2D eigenvalue weighted by Gasteiger charge is 2.25. The van der Waals surface area contributed by atoms with Crippen LogP contribution < -0.4 is 16.4 Å². The molecule has 0 bridgehead atoms. The summed E-state index contributed by atoms with van der Waals surface area (Å²) in [5, 5.41) is 0. The van der Waals surface area contributed by atoms with Crippen molar-refractivity contribution in [1.29, 1.82) is 0 Å². The Hall–Kier alpha value is -2.58. The summed E-state index contributed by atoms with van der Waals surface area (Å²) in [6, 6.07) is 10.5. The minimum absolute atomic E-state index is 0.213. The molecule has 2 aromatic heterocycles. The van der Waals surface area contributed by atoms with Gasteiger partial charge in [0.1, 0.15) is 17.5 Å². The first kappa shape index (κ1) is 24.7. The lowest BCUT2D eigenvalue weighted by atomic mass is 10.1. The van der Waals surface area contributed by atoms with Crippen molar-refractivity contribution in [3.8, 4) is 0 Å². The van der Waals surface area contributed by atoms with E-state index < -0.39 is 5.95 Å². The normalized spacial score (nSPS) is 19.6. The van der Waals surface area contributed by atoms with Crippen LogP contribution in [0.3, 0.4) is 0 Å². The van der Waals surface area contributed by atoms with Crippen LogP contribution in [0.25, 0.3) is 0 Å². The van der Waals surface area contributed by atoms with E-state index >= 15 is 0 Å². The Morgan fingerprint density at radius 3 is 2.29 bits per heavy atom. The van der Waals surface area contributed by atoms with Crippen LogP contribution in [0.2, 0.25) is 0 Å². The van der Waals surface area contributed by atoms with Gasteiger partial charge in [0.05, 0.1) is 38.5 Å². The van der Waals surface area contributed by atoms with Crippen LogP contribution in [0.5, 0.6) is 0 Å². The zero-order chi connectivity index (χ0) is 22.5. The van der Waals surface area contributed by atoms with Gasteiger partial charge in [0.15, 0.2) is 0 Å². The van der Waals surface area contributed by atoms with E-state index in [-0.39, 0.29) is 5.82 Å². The van der Waals surface area contributed by atoms with Crippen molar-refractivity contribution >= 4 is 17.5 Å². The molecule has 2 unspecified atom stereocenters. The number of anilines is 3. The SMILES string of the molecule is COCC1CCCN1c1cccc(N)n1.COCC1C[CH+]CC1.Nc1cccc(F)n1. The van der Waals surface area contributed by atoms with Crippen molar-refractivity contribution in [2.24, 2.45) is 5.92 Å². The Morgan fingerprint density at radius 2 is 1.74 bits per heavy atom. The number of rotatable bonds is 5. The summed E-state index contributed by atoms with van der Waals surface area (Å²) in [7, 11) is 3.52. The van der Waals surface area contributed by atoms with Crippen molar-refractivity contribution in [2.75, 3.05) is 50.3 Å². The van der Waals surface area contributed by atoms with Gasteiger partial charge in [0.2, 0.25) is 5.95 Å². The van der Waals surface area contributed by atoms with Crippen molar-refractivity contribution < 1.29 is 13.9 Å². The maximum absolute atomic E-state index is 12.0. The van der Waals surface area contributed by atoms with E-state index in [4.69, 9.17) is 20.9 Å². The van der Waals surface area contributed by atoms with Crippen LogP contribution in [0.1, 0.15) is 32.1 Å². The number of pyridine rings is 2. The minimum atomic E-state index is -0.537. The number of methoxy groups -OCH3 is 2. The third kappa shape index (κ3) is 8.98. The van der Waals surface area contributed by atoms with E-state index in [0.29, 0.717) is 11.9 Å². The number of hydrogen-bond acceptors (Lipinski definition) is 7. The smallest absolute Gasteiger partial charge is 0.214 e. The zero-order valence-electron chi connectivity index (χ0n) is 18.5. The standard InChI is InChI=1S/C11H17N3O.C7H13O.C5H5FN2/c1-15-8-9-4-3-7-14(9)11-6-2-5-10(12)13-11;1-8-6-7-4-2-3-5-7;6-4-2-1-3-5(7)8-4/h2,5-6,9H,3-4,7-8H2,1H3,(H2,12,13);2,7H,3-6H2,1H3;1-3H,(H2,7,8)/q;+1;. The van der Waals surface area contributed by atoms with E-state index in [1.165, 1.54) is 50.3 Å². The second-order valence-electron chi connectivity index (χ2n) is 7.67. The Morgan fingerprint density at radius 1 is 1.03 bits per heavy atom. The average molecular weight is 433 g/mol. The second kappa shape index (κ2) is 13.7. The molecule has 1 saturated heterocycles. The Labute approximate surface area is 185 Å².